The largest absolute Gasteiger partial charge is 0.444 e. The van der Waals surface area contributed by atoms with Gasteiger partial charge in [-0.25, -0.2) is 9.18 Å². The van der Waals surface area contributed by atoms with Crippen LogP contribution in [0.2, 0.25) is 0 Å². The zero-order chi connectivity index (χ0) is 18.6. The SMILES string of the molecule is CC(C)(C)OC(=O)N[C@@H]1CCCN(C(=O)Cc2ccc(Br)c(F)c2)C1. The number of likely N-dealkylation sites (tertiary alicyclic amines) is 1. The lowest BCUT2D eigenvalue weighted by Gasteiger charge is -2.33. The van der Waals surface area contributed by atoms with Gasteiger partial charge in [-0.3, -0.25) is 4.79 Å². The number of nitrogens with one attached hydrogen (secondary N) is 1. The molecular weight excluding hydrogens is 391 g/mol. The number of benzene rings is 1. The first-order valence-electron chi connectivity index (χ1n) is 8.35. The molecule has 1 fully saturated rings. The van der Waals surface area contributed by atoms with Gasteiger partial charge in [0, 0.05) is 19.1 Å². The lowest BCUT2D eigenvalue weighted by Crippen LogP contribution is -2.50. The Bertz CT molecular complexity index is 646. The quantitative estimate of drug-likeness (QED) is 0.820. The van der Waals surface area contributed by atoms with Crippen molar-refractivity contribution in [1.29, 1.82) is 0 Å². The van der Waals surface area contributed by atoms with E-state index in [-0.39, 0.29) is 24.2 Å². The molecule has 2 rings (SSSR count). The third kappa shape index (κ3) is 6.30. The number of carbonyl (C=O) groups excluding carboxylic acids is 2. The van der Waals surface area contributed by atoms with Crippen LogP contribution in [-0.2, 0) is 16.0 Å². The highest BCUT2D eigenvalue weighted by Gasteiger charge is 2.26. The summed E-state index contributed by atoms with van der Waals surface area (Å²) in [6.07, 6.45) is 1.28. The molecule has 0 spiro atoms. The minimum atomic E-state index is -0.556. The van der Waals surface area contributed by atoms with E-state index < -0.39 is 11.7 Å². The van der Waals surface area contributed by atoms with E-state index in [4.69, 9.17) is 4.74 Å². The smallest absolute Gasteiger partial charge is 0.407 e. The summed E-state index contributed by atoms with van der Waals surface area (Å²) in [6.45, 7) is 6.50. The second-order valence-corrected chi connectivity index (χ2v) is 8.10. The predicted molar refractivity (Wildman–Crippen MR) is 96.8 cm³/mol. The van der Waals surface area contributed by atoms with Gasteiger partial charge in [-0.2, -0.15) is 0 Å². The summed E-state index contributed by atoms with van der Waals surface area (Å²) in [6, 6.07) is 4.56. The van der Waals surface area contributed by atoms with Crippen LogP contribution >= 0.6 is 15.9 Å². The zero-order valence-electron chi connectivity index (χ0n) is 14.8. The van der Waals surface area contributed by atoms with Gasteiger partial charge in [-0.05, 0) is 67.2 Å². The molecule has 138 valence electrons. The van der Waals surface area contributed by atoms with Gasteiger partial charge in [0.25, 0.3) is 0 Å². The number of rotatable bonds is 3. The van der Waals surface area contributed by atoms with Crippen LogP contribution in [0.3, 0.4) is 0 Å². The molecule has 25 heavy (non-hydrogen) atoms. The summed E-state index contributed by atoms with van der Waals surface area (Å²) in [5.74, 6) is -0.453. The number of nitrogens with zero attached hydrogens (tertiary/aromatic N) is 1. The Balaban J connectivity index is 1.90. The van der Waals surface area contributed by atoms with Gasteiger partial charge in [0.05, 0.1) is 10.9 Å². The van der Waals surface area contributed by atoms with Gasteiger partial charge in [0.1, 0.15) is 11.4 Å². The highest BCUT2D eigenvalue weighted by atomic mass is 79.9. The molecular formula is C18H24BrFN2O3. The maximum absolute atomic E-state index is 13.6. The summed E-state index contributed by atoms with van der Waals surface area (Å²) in [5, 5.41) is 2.82. The molecule has 1 N–H and O–H groups in total. The van der Waals surface area contributed by atoms with Crippen molar-refractivity contribution in [2.45, 2.75) is 51.7 Å². The minimum Gasteiger partial charge on any atom is -0.444 e. The molecule has 1 aliphatic rings. The number of halogens is 2. The second kappa shape index (κ2) is 8.17. The number of alkyl carbamates (subject to hydrolysis) is 1. The molecule has 1 heterocycles. The maximum atomic E-state index is 13.6. The molecule has 5 nitrogen and oxygen atoms in total. The van der Waals surface area contributed by atoms with Gasteiger partial charge >= 0.3 is 6.09 Å². The van der Waals surface area contributed by atoms with E-state index in [0.717, 1.165) is 12.8 Å². The Hall–Kier alpha value is -1.63. The Morgan fingerprint density at radius 3 is 2.76 bits per heavy atom. The van der Waals surface area contributed by atoms with Crippen molar-refractivity contribution in [3.05, 3.63) is 34.1 Å². The van der Waals surface area contributed by atoms with Crippen molar-refractivity contribution in [3.63, 3.8) is 0 Å². The molecule has 0 aliphatic carbocycles. The molecule has 0 bridgehead atoms. The monoisotopic (exact) mass is 414 g/mol. The van der Waals surface area contributed by atoms with E-state index in [1.165, 1.54) is 6.07 Å². The molecule has 2 amide bonds. The maximum Gasteiger partial charge on any atom is 0.407 e. The highest BCUT2D eigenvalue weighted by Crippen LogP contribution is 2.18. The van der Waals surface area contributed by atoms with Gasteiger partial charge in [0.15, 0.2) is 0 Å². The molecule has 1 atom stereocenters. The molecule has 0 aromatic heterocycles. The first-order valence-corrected chi connectivity index (χ1v) is 9.14. The van der Waals surface area contributed by atoms with E-state index in [1.54, 1.807) is 37.8 Å². The van der Waals surface area contributed by atoms with Crippen molar-refractivity contribution in [3.8, 4) is 0 Å². The Morgan fingerprint density at radius 1 is 1.40 bits per heavy atom. The van der Waals surface area contributed by atoms with Crippen LogP contribution in [0.25, 0.3) is 0 Å². The van der Waals surface area contributed by atoms with Crippen LogP contribution in [-0.4, -0.2) is 41.6 Å². The Labute approximate surface area is 156 Å². The molecule has 1 aromatic carbocycles. The average molecular weight is 415 g/mol. The first-order chi connectivity index (χ1) is 11.6. The lowest BCUT2D eigenvalue weighted by molar-refractivity contribution is -0.131. The molecule has 0 unspecified atom stereocenters. The van der Waals surface area contributed by atoms with Crippen molar-refractivity contribution >= 4 is 27.9 Å². The fraction of sp³-hybridized carbons (Fsp3) is 0.556. The minimum absolute atomic E-state index is 0.0718. The van der Waals surface area contributed by atoms with Gasteiger partial charge < -0.3 is 15.0 Å². The third-order valence-corrected chi connectivity index (χ3v) is 4.48. The molecule has 1 aliphatic heterocycles. The predicted octanol–water partition coefficient (Wildman–Crippen LogP) is 3.65. The van der Waals surface area contributed by atoms with Crippen molar-refractivity contribution in [2.75, 3.05) is 13.1 Å². The van der Waals surface area contributed by atoms with Crippen LogP contribution in [0.5, 0.6) is 0 Å². The third-order valence-electron chi connectivity index (χ3n) is 3.83. The van der Waals surface area contributed by atoms with E-state index in [1.807, 2.05) is 0 Å². The van der Waals surface area contributed by atoms with Crippen LogP contribution in [0.4, 0.5) is 9.18 Å². The van der Waals surface area contributed by atoms with Crippen molar-refractivity contribution in [1.82, 2.24) is 10.2 Å². The fourth-order valence-corrected chi connectivity index (χ4v) is 2.98. The summed E-state index contributed by atoms with van der Waals surface area (Å²) in [4.78, 5) is 26.1. The standard InChI is InChI=1S/C18H24BrFN2O3/c1-18(2,3)25-17(24)21-13-5-4-8-22(11-13)16(23)10-12-6-7-14(19)15(20)9-12/h6-7,9,13H,4-5,8,10-11H2,1-3H3,(H,21,24)/t13-/m1/s1. The molecule has 0 radical (unpaired) electrons. The number of ether oxygens (including phenoxy) is 1. The van der Waals surface area contributed by atoms with Crippen LogP contribution in [0.15, 0.2) is 22.7 Å². The number of carbonyl (C=O) groups is 2. The number of hydrogen-bond donors (Lipinski definition) is 1. The molecule has 0 saturated carbocycles. The highest BCUT2D eigenvalue weighted by molar-refractivity contribution is 9.10. The summed E-state index contributed by atoms with van der Waals surface area (Å²) in [5.41, 5.74) is 0.0767. The van der Waals surface area contributed by atoms with Crippen molar-refractivity contribution in [2.24, 2.45) is 0 Å². The van der Waals surface area contributed by atoms with Crippen molar-refractivity contribution < 1.29 is 18.7 Å². The topological polar surface area (TPSA) is 58.6 Å². The van der Waals surface area contributed by atoms with E-state index in [2.05, 4.69) is 21.2 Å². The Kier molecular flexibility index (Phi) is 6.43. The van der Waals surface area contributed by atoms with E-state index >= 15 is 0 Å². The number of piperidine rings is 1. The number of amides is 2. The molecule has 1 aromatic rings. The zero-order valence-corrected chi connectivity index (χ0v) is 16.4. The normalized spacial score (nSPS) is 18.0. The first kappa shape index (κ1) is 19.7. The van der Waals surface area contributed by atoms with Crippen LogP contribution in [0.1, 0.15) is 39.2 Å². The molecule has 7 heteroatoms. The summed E-state index contributed by atoms with van der Waals surface area (Å²) >= 11 is 3.10. The second-order valence-electron chi connectivity index (χ2n) is 7.25. The summed E-state index contributed by atoms with van der Waals surface area (Å²) < 4.78 is 19.2. The van der Waals surface area contributed by atoms with E-state index in [9.17, 15) is 14.0 Å². The molecule has 1 saturated heterocycles. The van der Waals surface area contributed by atoms with Gasteiger partial charge in [-0.1, -0.05) is 6.07 Å². The van der Waals surface area contributed by atoms with Gasteiger partial charge in [-0.15, -0.1) is 0 Å². The van der Waals surface area contributed by atoms with Crippen LogP contribution < -0.4 is 5.32 Å². The van der Waals surface area contributed by atoms with Gasteiger partial charge in [0.2, 0.25) is 5.91 Å². The fourth-order valence-electron chi connectivity index (χ4n) is 2.73. The number of hydrogen-bond acceptors (Lipinski definition) is 3. The Morgan fingerprint density at radius 2 is 2.12 bits per heavy atom. The lowest BCUT2D eigenvalue weighted by atomic mass is 10.0. The average Bonchev–Trinajstić information content (AvgIpc) is 2.49. The summed E-state index contributed by atoms with van der Waals surface area (Å²) in [7, 11) is 0. The van der Waals surface area contributed by atoms with Crippen LogP contribution in [0, 0.1) is 5.82 Å². The van der Waals surface area contributed by atoms with E-state index in [0.29, 0.717) is 23.1 Å².